The number of amides is 2. The van der Waals surface area contributed by atoms with Crippen molar-refractivity contribution >= 4 is 45.9 Å². The fraction of sp³-hybridized carbons (Fsp3) is 0.526. The summed E-state index contributed by atoms with van der Waals surface area (Å²) in [5.74, 6) is -2.00. The zero-order valence-corrected chi connectivity index (χ0v) is 19.5. The summed E-state index contributed by atoms with van der Waals surface area (Å²) in [5, 5.41) is 15.5. The number of aromatic amines is 1. The Hall–Kier alpha value is -2.70. The number of rotatable bonds is 8. The summed E-state index contributed by atoms with van der Waals surface area (Å²) in [4.78, 5) is 49.2. The van der Waals surface area contributed by atoms with E-state index < -0.39 is 11.9 Å². The van der Waals surface area contributed by atoms with E-state index in [9.17, 15) is 19.5 Å². The van der Waals surface area contributed by atoms with Crippen molar-refractivity contribution in [2.45, 2.75) is 38.8 Å². The molecule has 0 aliphatic carbocycles. The first-order valence-electron chi connectivity index (χ1n) is 10.2. The van der Waals surface area contributed by atoms with Crippen LogP contribution in [0.15, 0.2) is 0 Å². The highest BCUT2D eigenvalue weighted by Crippen LogP contribution is 2.29. The van der Waals surface area contributed by atoms with Crippen LogP contribution >= 0.6 is 22.9 Å². The van der Waals surface area contributed by atoms with E-state index in [0.717, 1.165) is 11.3 Å². The highest BCUT2D eigenvalue weighted by molar-refractivity contribution is 7.17. The van der Waals surface area contributed by atoms with Crippen LogP contribution in [0.25, 0.3) is 0 Å². The molecule has 11 nitrogen and oxygen atoms in total. The zero-order chi connectivity index (χ0) is 23.4. The Balaban J connectivity index is 1.75. The molecule has 0 aromatic carbocycles. The van der Waals surface area contributed by atoms with Gasteiger partial charge in [-0.1, -0.05) is 29.9 Å². The van der Waals surface area contributed by atoms with Crippen molar-refractivity contribution in [1.82, 2.24) is 25.6 Å². The van der Waals surface area contributed by atoms with Crippen molar-refractivity contribution in [2.24, 2.45) is 0 Å². The van der Waals surface area contributed by atoms with Crippen LogP contribution in [0.2, 0.25) is 5.15 Å². The first kappa shape index (κ1) is 24.0. The Kier molecular flexibility index (Phi) is 7.69. The van der Waals surface area contributed by atoms with E-state index in [2.05, 4.69) is 25.6 Å². The average Bonchev–Trinajstić information content (AvgIpc) is 3.38. The summed E-state index contributed by atoms with van der Waals surface area (Å²) in [6, 6.07) is -0.287. The van der Waals surface area contributed by atoms with E-state index >= 15 is 0 Å². The van der Waals surface area contributed by atoms with Gasteiger partial charge in [-0.25, -0.2) is 14.8 Å². The van der Waals surface area contributed by atoms with Crippen LogP contribution in [0.1, 0.15) is 56.7 Å². The molecule has 32 heavy (non-hydrogen) atoms. The summed E-state index contributed by atoms with van der Waals surface area (Å²) >= 11 is 6.98. The van der Waals surface area contributed by atoms with E-state index in [1.54, 1.807) is 0 Å². The van der Waals surface area contributed by atoms with E-state index in [0.29, 0.717) is 43.4 Å². The number of carbonyl (C=O) groups is 3. The molecule has 1 saturated heterocycles. The Morgan fingerprint density at radius 3 is 2.66 bits per heavy atom. The molecule has 1 aliphatic heterocycles. The van der Waals surface area contributed by atoms with Gasteiger partial charge in [0.1, 0.15) is 4.88 Å². The summed E-state index contributed by atoms with van der Waals surface area (Å²) in [6.45, 7) is 5.06. The normalized spacial score (nSPS) is 18.4. The van der Waals surface area contributed by atoms with Gasteiger partial charge in [-0.15, -0.1) is 0 Å². The number of nitrogens with one attached hydrogen (secondary N) is 3. The van der Waals surface area contributed by atoms with Gasteiger partial charge in [0.15, 0.2) is 21.8 Å². The molecule has 2 aromatic rings. The third kappa shape index (κ3) is 5.03. The van der Waals surface area contributed by atoms with Crippen molar-refractivity contribution in [1.29, 1.82) is 0 Å². The Morgan fingerprint density at radius 1 is 1.31 bits per heavy atom. The molecule has 1 fully saturated rings. The number of piperidine rings is 1. The SMILES string of the molecule is CCO[C@H]1CN(c2nc(C(=O)NC)c(C(=O)O)s2)CC[C@H]1NC(=O)c1nc(Cl)c(CC)[nH]1. The molecule has 0 bridgehead atoms. The van der Waals surface area contributed by atoms with Gasteiger partial charge in [0.05, 0.1) is 17.8 Å². The van der Waals surface area contributed by atoms with Crippen molar-refractivity contribution in [3.8, 4) is 0 Å². The van der Waals surface area contributed by atoms with Crippen LogP contribution in [0, 0.1) is 0 Å². The number of hydrogen-bond donors (Lipinski definition) is 4. The summed E-state index contributed by atoms with van der Waals surface area (Å²) in [6.07, 6.45) is 0.792. The maximum atomic E-state index is 12.7. The molecule has 2 aromatic heterocycles. The van der Waals surface area contributed by atoms with Gasteiger partial charge in [-0.2, -0.15) is 0 Å². The first-order valence-corrected chi connectivity index (χ1v) is 11.4. The molecule has 0 spiro atoms. The third-order valence-electron chi connectivity index (χ3n) is 5.08. The van der Waals surface area contributed by atoms with E-state index in [4.69, 9.17) is 16.3 Å². The van der Waals surface area contributed by atoms with E-state index in [1.165, 1.54) is 7.05 Å². The van der Waals surface area contributed by atoms with Crippen LogP contribution in [0.5, 0.6) is 0 Å². The number of imidazole rings is 1. The Labute approximate surface area is 193 Å². The smallest absolute Gasteiger partial charge is 0.348 e. The molecular formula is C19H25ClN6O5S. The van der Waals surface area contributed by atoms with Crippen molar-refractivity contribution < 1.29 is 24.2 Å². The maximum absolute atomic E-state index is 12.7. The molecule has 13 heteroatoms. The minimum atomic E-state index is -1.21. The van der Waals surface area contributed by atoms with Gasteiger partial charge >= 0.3 is 5.97 Å². The van der Waals surface area contributed by atoms with Crippen LogP contribution in [-0.2, 0) is 11.2 Å². The second kappa shape index (κ2) is 10.3. The van der Waals surface area contributed by atoms with Gasteiger partial charge in [-0.3, -0.25) is 9.59 Å². The lowest BCUT2D eigenvalue weighted by Crippen LogP contribution is -2.55. The van der Waals surface area contributed by atoms with Crippen LogP contribution in [0.3, 0.4) is 0 Å². The van der Waals surface area contributed by atoms with E-state index in [-0.39, 0.29) is 39.6 Å². The Morgan fingerprint density at radius 2 is 2.06 bits per heavy atom. The number of thiazole rings is 1. The Bertz CT molecular complexity index is 1010. The highest BCUT2D eigenvalue weighted by Gasteiger charge is 2.34. The van der Waals surface area contributed by atoms with Gasteiger partial charge < -0.3 is 30.4 Å². The van der Waals surface area contributed by atoms with Crippen molar-refractivity contribution in [3.05, 3.63) is 27.2 Å². The summed E-state index contributed by atoms with van der Waals surface area (Å²) in [7, 11) is 1.42. The zero-order valence-electron chi connectivity index (χ0n) is 17.9. The largest absolute Gasteiger partial charge is 0.477 e. The molecule has 0 saturated carbocycles. The fourth-order valence-electron chi connectivity index (χ4n) is 3.47. The molecule has 3 rings (SSSR count). The molecule has 0 unspecified atom stereocenters. The molecule has 2 amide bonds. The second-order valence-corrected chi connectivity index (χ2v) is 8.41. The van der Waals surface area contributed by atoms with Crippen LogP contribution in [-0.4, -0.2) is 76.7 Å². The van der Waals surface area contributed by atoms with Crippen LogP contribution < -0.4 is 15.5 Å². The quantitative estimate of drug-likeness (QED) is 0.441. The van der Waals surface area contributed by atoms with Crippen molar-refractivity contribution in [2.75, 3.05) is 31.6 Å². The molecule has 3 heterocycles. The number of aromatic nitrogens is 3. The third-order valence-corrected chi connectivity index (χ3v) is 6.49. The fourth-order valence-corrected chi connectivity index (χ4v) is 4.67. The lowest BCUT2D eigenvalue weighted by Gasteiger charge is -2.38. The monoisotopic (exact) mass is 484 g/mol. The number of H-pyrrole nitrogens is 1. The number of nitrogens with zero attached hydrogens (tertiary/aromatic N) is 3. The molecule has 2 atom stereocenters. The number of ether oxygens (including phenoxy) is 1. The number of carboxylic acids is 1. The minimum Gasteiger partial charge on any atom is -0.477 e. The molecule has 174 valence electrons. The minimum absolute atomic E-state index is 0.121. The number of anilines is 1. The predicted octanol–water partition coefficient (Wildman–Crippen LogP) is 1.55. The first-order chi connectivity index (χ1) is 15.3. The molecule has 1 aliphatic rings. The van der Waals surface area contributed by atoms with Gasteiger partial charge in [0.2, 0.25) is 0 Å². The summed E-state index contributed by atoms with van der Waals surface area (Å²) < 4.78 is 5.86. The number of carbonyl (C=O) groups excluding carboxylic acids is 2. The standard InChI is InChI=1S/C19H25ClN6O5S/c1-4-9-14(20)25-15(22-9)17(28)23-10-6-7-26(8-11(10)31-5-2)19-24-12(16(27)21-3)13(32-19)18(29)30/h10-11H,4-8H2,1-3H3,(H,21,27)(H,22,25)(H,23,28)(H,29,30)/t10-,11+/m1/s1. The summed E-state index contributed by atoms with van der Waals surface area (Å²) in [5.41, 5.74) is 0.572. The number of halogens is 1. The lowest BCUT2D eigenvalue weighted by molar-refractivity contribution is 0.0271. The molecular weight excluding hydrogens is 460 g/mol. The molecule has 4 N–H and O–H groups in total. The van der Waals surface area contributed by atoms with Gasteiger partial charge in [-0.05, 0) is 19.8 Å². The van der Waals surface area contributed by atoms with E-state index in [1.807, 2.05) is 18.7 Å². The topological polar surface area (TPSA) is 150 Å². The number of aryl methyl sites for hydroxylation is 1. The number of aromatic carboxylic acids is 1. The molecule has 0 radical (unpaired) electrons. The van der Waals surface area contributed by atoms with Gasteiger partial charge in [0.25, 0.3) is 11.8 Å². The number of hydrogen-bond acceptors (Lipinski definition) is 8. The second-order valence-electron chi connectivity index (χ2n) is 7.08. The number of carboxylic acid groups (broad SMARTS) is 1. The lowest BCUT2D eigenvalue weighted by atomic mass is 10.0. The van der Waals surface area contributed by atoms with Crippen molar-refractivity contribution in [3.63, 3.8) is 0 Å². The van der Waals surface area contributed by atoms with Gasteiger partial charge in [0, 0.05) is 26.7 Å². The average molecular weight is 485 g/mol. The predicted molar refractivity (Wildman–Crippen MR) is 119 cm³/mol. The van der Waals surface area contributed by atoms with Crippen LogP contribution in [0.4, 0.5) is 5.13 Å². The highest BCUT2D eigenvalue weighted by atomic mass is 35.5. The maximum Gasteiger partial charge on any atom is 0.348 e.